The summed E-state index contributed by atoms with van der Waals surface area (Å²) in [7, 11) is 0. The van der Waals surface area contributed by atoms with Gasteiger partial charge in [0, 0.05) is 43.1 Å². The lowest BCUT2D eigenvalue weighted by Crippen LogP contribution is -1.97. The molecule has 14 aromatic carbocycles. The number of nitrogens with zero attached hydrogens (tertiary/aromatic N) is 2. The first-order valence-corrected chi connectivity index (χ1v) is 24.3. The second kappa shape index (κ2) is 14.1. The molecule has 0 radical (unpaired) electrons. The van der Waals surface area contributed by atoms with Gasteiger partial charge in [0.25, 0.3) is 0 Å². The van der Waals surface area contributed by atoms with Crippen molar-refractivity contribution in [2.45, 2.75) is 0 Å². The molecular weight excluding hydrogens is 845 g/mol. The maximum Gasteiger partial charge on any atom is 0.0547 e. The third-order valence-electron chi connectivity index (χ3n) is 15.6. The zero-order valence-corrected chi connectivity index (χ0v) is 38.0. The Kier molecular flexibility index (Phi) is 7.64. The third kappa shape index (κ3) is 5.17. The van der Waals surface area contributed by atoms with Crippen LogP contribution in [0.2, 0.25) is 0 Å². The average molecular weight is 885 g/mol. The number of hydrogen-bond acceptors (Lipinski definition) is 0. The molecule has 0 amide bonds. The number of benzene rings is 14. The van der Waals surface area contributed by atoms with Gasteiger partial charge in [-0.05, 0) is 124 Å². The van der Waals surface area contributed by atoms with E-state index in [1.165, 1.54) is 152 Å². The third-order valence-corrected chi connectivity index (χ3v) is 15.6. The molecule has 322 valence electrons. The minimum Gasteiger partial charge on any atom is -0.309 e. The SMILES string of the molecule is c1ccc2c(c1)ccc1ccc3c(-n4c5ccccc5c5cc(-c6ccc7c(c6)c6ccccc6n7-c6cc7ccc8ccccc8c7c7c6ccc6ccccc67)ccc54)cc4ccccc4c3c12. The van der Waals surface area contributed by atoms with E-state index in [1.54, 1.807) is 0 Å². The van der Waals surface area contributed by atoms with E-state index in [4.69, 9.17) is 0 Å². The molecular formula is C68H40N2. The zero-order chi connectivity index (χ0) is 45.6. The van der Waals surface area contributed by atoms with E-state index >= 15 is 0 Å². The predicted octanol–water partition coefficient (Wildman–Crippen LogP) is 18.8. The first kappa shape index (κ1) is 37.8. The van der Waals surface area contributed by atoms with Gasteiger partial charge < -0.3 is 9.13 Å². The molecule has 0 N–H and O–H groups in total. The van der Waals surface area contributed by atoms with Crippen LogP contribution >= 0.6 is 0 Å². The van der Waals surface area contributed by atoms with Gasteiger partial charge in [0.1, 0.15) is 0 Å². The van der Waals surface area contributed by atoms with Gasteiger partial charge in [-0.15, -0.1) is 0 Å². The number of rotatable bonds is 3. The van der Waals surface area contributed by atoms with Crippen molar-refractivity contribution in [3.63, 3.8) is 0 Å². The van der Waals surface area contributed by atoms with Gasteiger partial charge in [0.15, 0.2) is 0 Å². The summed E-state index contributed by atoms with van der Waals surface area (Å²) in [5, 5.41) is 25.3. The molecule has 0 spiro atoms. The van der Waals surface area contributed by atoms with Gasteiger partial charge in [-0.3, -0.25) is 0 Å². The summed E-state index contributed by atoms with van der Waals surface area (Å²) in [6.45, 7) is 0. The first-order valence-electron chi connectivity index (χ1n) is 24.3. The highest BCUT2D eigenvalue weighted by molar-refractivity contribution is 6.31. The van der Waals surface area contributed by atoms with Crippen LogP contribution in [0, 0.1) is 0 Å². The van der Waals surface area contributed by atoms with Gasteiger partial charge in [0.05, 0.1) is 33.4 Å². The Balaban J connectivity index is 0.921. The zero-order valence-electron chi connectivity index (χ0n) is 38.0. The molecule has 70 heavy (non-hydrogen) atoms. The highest BCUT2D eigenvalue weighted by Gasteiger charge is 2.21. The molecule has 0 saturated carbocycles. The molecule has 0 aliphatic carbocycles. The fraction of sp³-hybridized carbons (Fsp3) is 0. The maximum absolute atomic E-state index is 2.51. The van der Waals surface area contributed by atoms with Crippen molar-refractivity contribution in [2.24, 2.45) is 0 Å². The Morgan fingerprint density at radius 2 is 0.529 bits per heavy atom. The van der Waals surface area contributed by atoms with E-state index in [-0.39, 0.29) is 0 Å². The summed E-state index contributed by atoms with van der Waals surface area (Å²) in [6, 6.07) is 90.8. The van der Waals surface area contributed by atoms with E-state index < -0.39 is 0 Å². The number of hydrogen-bond donors (Lipinski definition) is 0. The summed E-state index contributed by atoms with van der Waals surface area (Å²) in [6.07, 6.45) is 0. The molecule has 2 nitrogen and oxygen atoms in total. The lowest BCUT2D eigenvalue weighted by Gasteiger charge is -2.17. The monoisotopic (exact) mass is 884 g/mol. The number of para-hydroxylation sites is 2. The molecule has 2 aromatic heterocycles. The van der Waals surface area contributed by atoms with Gasteiger partial charge in [-0.2, -0.15) is 0 Å². The molecule has 2 heteroatoms. The lowest BCUT2D eigenvalue weighted by molar-refractivity contribution is 1.20. The Morgan fingerprint density at radius 1 is 0.186 bits per heavy atom. The molecule has 0 atom stereocenters. The van der Waals surface area contributed by atoms with E-state index in [9.17, 15) is 0 Å². The van der Waals surface area contributed by atoms with Crippen LogP contribution in [0.4, 0.5) is 0 Å². The Labute approximate surface area is 402 Å². The van der Waals surface area contributed by atoms with Crippen LogP contribution in [0.3, 0.4) is 0 Å². The van der Waals surface area contributed by atoms with Crippen LogP contribution in [0.5, 0.6) is 0 Å². The standard InChI is InChI=1S/C68H40N2/c1-5-17-49-41(13-1)25-27-44-30-34-56-63(39-47-16-4-8-20-52(47)68(56)65(44)49)69-59-23-11-9-21-53(59)57-37-45(31-35-61(57)69)46-32-36-62-58(38-46)54-22-10-12-24-60(54)70(62)64-40-48-28-26-42-14-2-6-18-50(42)66(48)67-51-19-7-3-15-43(51)29-33-55(64)67/h1-40H. The van der Waals surface area contributed by atoms with Gasteiger partial charge in [0.2, 0.25) is 0 Å². The molecule has 16 rings (SSSR count). The molecule has 2 heterocycles. The molecule has 0 fully saturated rings. The van der Waals surface area contributed by atoms with Crippen LogP contribution in [-0.4, -0.2) is 9.13 Å². The minimum absolute atomic E-state index is 1.19. The molecule has 0 saturated heterocycles. The highest BCUT2D eigenvalue weighted by Crippen LogP contribution is 2.46. The van der Waals surface area contributed by atoms with Gasteiger partial charge >= 0.3 is 0 Å². The van der Waals surface area contributed by atoms with Crippen molar-refractivity contribution in [1.29, 1.82) is 0 Å². The molecule has 0 aliphatic heterocycles. The lowest BCUT2D eigenvalue weighted by atomic mass is 9.92. The van der Waals surface area contributed by atoms with Crippen molar-refractivity contribution in [3.8, 4) is 22.5 Å². The summed E-state index contributed by atoms with van der Waals surface area (Å²) in [5.41, 5.74) is 9.57. The van der Waals surface area contributed by atoms with Crippen molar-refractivity contribution in [1.82, 2.24) is 9.13 Å². The normalized spacial score (nSPS) is 12.3. The number of aromatic nitrogens is 2. The quantitative estimate of drug-likeness (QED) is 0.157. The topological polar surface area (TPSA) is 9.86 Å². The van der Waals surface area contributed by atoms with Crippen molar-refractivity contribution < 1.29 is 0 Å². The van der Waals surface area contributed by atoms with Crippen molar-refractivity contribution in [2.75, 3.05) is 0 Å². The summed E-state index contributed by atoms with van der Waals surface area (Å²) in [4.78, 5) is 0. The predicted molar refractivity (Wildman–Crippen MR) is 301 cm³/mol. The second-order valence-corrected chi connectivity index (χ2v) is 19.1. The van der Waals surface area contributed by atoms with Crippen molar-refractivity contribution >= 4 is 130 Å². The van der Waals surface area contributed by atoms with Crippen molar-refractivity contribution in [3.05, 3.63) is 243 Å². The molecule has 0 unspecified atom stereocenters. The largest absolute Gasteiger partial charge is 0.309 e. The summed E-state index contributed by atoms with van der Waals surface area (Å²) >= 11 is 0. The Bertz CT molecular complexity index is 4740. The van der Waals surface area contributed by atoms with E-state index in [2.05, 4.69) is 252 Å². The van der Waals surface area contributed by atoms with Crippen LogP contribution in [0.1, 0.15) is 0 Å². The fourth-order valence-corrected chi connectivity index (χ4v) is 12.5. The average Bonchev–Trinajstić information content (AvgIpc) is 3.94. The second-order valence-electron chi connectivity index (χ2n) is 19.1. The smallest absolute Gasteiger partial charge is 0.0547 e. The van der Waals surface area contributed by atoms with Crippen LogP contribution in [0.25, 0.3) is 152 Å². The summed E-state index contributed by atoms with van der Waals surface area (Å²) in [5.74, 6) is 0. The van der Waals surface area contributed by atoms with Gasteiger partial charge in [-0.1, -0.05) is 194 Å². The molecule has 0 bridgehead atoms. The Hall–Kier alpha value is -9.24. The van der Waals surface area contributed by atoms with Gasteiger partial charge in [-0.25, -0.2) is 0 Å². The van der Waals surface area contributed by atoms with E-state index in [0.717, 1.165) is 0 Å². The highest BCUT2D eigenvalue weighted by atomic mass is 15.0. The van der Waals surface area contributed by atoms with Crippen LogP contribution in [0.15, 0.2) is 243 Å². The maximum atomic E-state index is 2.51. The van der Waals surface area contributed by atoms with E-state index in [0.29, 0.717) is 0 Å². The molecule has 16 aromatic rings. The number of fused-ring (bicyclic) bond motifs is 20. The Morgan fingerprint density at radius 3 is 1.06 bits per heavy atom. The first-order chi connectivity index (χ1) is 34.7. The summed E-state index contributed by atoms with van der Waals surface area (Å²) < 4.78 is 5.02. The van der Waals surface area contributed by atoms with E-state index in [1.807, 2.05) is 0 Å². The van der Waals surface area contributed by atoms with Crippen LogP contribution in [-0.2, 0) is 0 Å². The van der Waals surface area contributed by atoms with Crippen LogP contribution < -0.4 is 0 Å². The minimum atomic E-state index is 1.19. The molecule has 0 aliphatic rings. The fourth-order valence-electron chi connectivity index (χ4n) is 12.5.